The summed E-state index contributed by atoms with van der Waals surface area (Å²) in [4.78, 5) is 15.6. The lowest BCUT2D eigenvalue weighted by Crippen LogP contribution is -2.03. The molecule has 0 spiro atoms. The van der Waals surface area contributed by atoms with Crippen LogP contribution in [0.5, 0.6) is 0 Å². The Morgan fingerprint density at radius 1 is 1.28 bits per heavy atom. The maximum atomic E-state index is 11.2. The third kappa shape index (κ3) is 1.39. The number of imidazole rings is 1. The van der Waals surface area contributed by atoms with Gasteiger partial charge in [-0.3, -0.25) is 4.40 Å². The van der Waals surface area contributed by atoms with Crippen molar-refractivity contribution in [2.45, 2.75) is 13.8 Å². The molecule has 90 valence electrons. The van der Waals surface area contributed by atoms with E-state index in [1.54, 1.807) is 17.5 Å². The molecule has 2 heterocycles. The summed E-state index contributed by atoms with van der Waals surface area (Å²) < 4.78 is 1.63. The summed E-state index contributed by atoms with van der Waals surface area (Å²) in [6, 6.07) is 7.98. The number of benzene rings is 1. The minimum atomic E-state index is -0.952. The molecule has 3 rings (SSSR count). The number of aryl methyl sites for hydroxylation is 2. The van der Waals surface area contributed by atoms with Gasteiger partial charge in [0.1, 0.15) is 5.65 Å². The first-order valence-electron chi connectivity index (χ1n) is 5.69. The fourth-order valence-corrected chi connectivity index (χ4v) is 2.32. The van der Waals surface area contributed by atoms with E-state index in [0.717, 1.165) is 10.8 Å². The van der Waals surface area contributed by atoms with Crippen molar-refractivity contribution in [1.29, 1.82) is 0 Å². The van der Waals surface area contributed by atoms with Gasteiger partial charge in [0.2, 0.25) is 0 Å². The first kappa shape index (κ1) is 10.8. The molecule has 0 aliphatic rings. The Hall–Kier alpha value is -2.36. The van der Waals surface area contributed by atoms with Gasteiger partial charge in [0, 0.05) is 11.6 Å². The monoisotopic (exact) mass is 240 g/mol. The average molecular weight is 240 g/mol. The first-order chi connectivity index (χ1) is 8.58. The summed E-state index contributed by atoms with van der Waals surface area (Å²) in [7, 11) is 0. The van der Waals surface area contributed by atoms with Crippen LogP contribution in [0.25, 0.3) is 16.4 Å². The van der Waals surface area contributed by atoms with Crippen LogP contribution >= 0.6 is 0 Å². The molecular weight excluding hydrogens is 228 g/mol. The molecule has 0 bridgehead atoms. The Labute approximate surface area is 104 Å². The van der Waals surface area contributed by atoms with Crippen molar-refractivity contribution < 1.29 is 9.90 Å². The van der Waals surface area contributed by atoms with Gasteiger partial charge in [0.05, 0.1) is 5.69 Å². The number of hydrogen-bond acceptors (Lipinski definition) is 2. The van der Waals surface area contributed by atoms with Crippen molar-refractivity contribution >= 4 is 22.4 Å². The van der Waals surface area contributed by atoms with Crippen LogP contribution in [0.1, 0.15) is 21.7 Å². The number of hydrogen-bond donors (Lipinski definition) is 1. The summed E-state index contributed by atoms with van der Waals surface area (Å²) in [5.41, 5.74) is 2.64. The fourth-order valence-electron chi connectivity index (χ4n) is 2.32. The summed E-state index contributed by atoms with van der Waals surface area (Å²) in [6.45, 7) is 3.75. The largest absolute Gasteiger partial charge is 0.477 e. The number of aromatic carboxylic acids is 1. The molecule has 0 atom stereocenters. The zero-order valence-corrected chi connectivity index (χ0v) is 10.1. The van der Waals surface area contributed by atoms with Gasteiger partial charge in [-0.1, -0.05) is 23.8 Å². The number of carbonyl (C=O) groups is 1. The van der Waals surface area contributed by atoms with Gasteiger partial charge in [0.15, 0.2) is 5.69 Å². The van der Waals surface area contributed by atoms with E-state index in [1.165, 1.54) is 5.56 Å². The van der Waals surface area contributed by atoms with E-state index >= 15 is 0 Å². The molecule has 0 aliphatic carbocycles. The Morgan fingerprint density at radius 2 is 2.06 bits per heavy atom. The molecule has 0 unspecified atom stereocenters. The summed E-state index contributed by atoms with van der Waals surface area (Å²) >= 11 is 0. The van der Waals surface area contributed by atoms with Crippen LogP contribution in [0.3, 0.4) is 0 Å². The number of rotatable bonds is 1. The molecule has 18 heavy (non-hydrogen) atoms. The van der Waals surface area contributed by atoms with Gasteiger partial charge in [-0.15, -0.1) is 0 Å². The Kier molecular flexibility index (Phi) is 2.13. The normalized spacial score (nSPS) is 11.2. The molecule has 0 radical (unpaired) electrons. The Morgan fingerprint density at radius 3 is 2.78 bits per heavy atom. The molecular formula is C14H12N2O2. The van der Waals surface area contributed by atoms with E-state index in [-0.39, 0.29) is 5.69 Å². The van der Waals surface area contributed by atoms with Gasteiger partial charge < -0.3 is 5.11 Å². The first-order valence-corrected chi connectivity index (χ1v) is 5.69. The highest BCUT2D eigenvalue weighted by Gasteiger charge is 2.16. The topological polar surface area (TPSA) is 54.6 Å². The zero-order valence-electron chi connectivity index (χ0n) is 10.1. The third-order valence-corrected chi connectivity index (χ3v) is 3.14. The van der Waals surface area contributed by atoms with E-state index < -0.39 is 5.97 Å². The molecule has 2 aromatic heterocycles. The van der Waals surface area contributed by atoms with Gasteiger partial charge in [-0.2, -0.15) is 0 Å². The number of fused-ring (bicyclic) bond motifs is 3. The molecule has 4 nitrogen and oxygen atoms in total. The highest BCUT2D eigenvalue weighted by molar-refractivity contribution is 5.97. The van der Waals surface area contributed by atoms with Crippen molar-refractivity contribution in [1.82, 2.24) is 9.38 Å². The second-order valence-corrected chi connectivity index (χ2v) is 4.45. The van der Waals surface area contributed by atoms with Crippen LogP contribution in [0.4, 0.5) is 0 Å². The lowest BCUT2D eigenvalue weighted by Gasteiger charge is -2.02. The standard InChI is InChI=1S/C14H12N2O2/c1-8-3-4-11-10(7-8)5-6-16-12(14(17)18)9(2)15-13(11)16/h3-7H,1-2H3,(H,17,18). The van der Waals surface area contributed by atoms with Crippen LogP contribution in [0.15, 0.2) is 30.5 Å². The van der Waals surface area contributed by atoms with E-state index in [4.69, 9.17) is 0 Å². The molecule has 0 fully saturated rings. The quantitative estimate of drug-likeness (QED) is 0.711. The van der Waals surface area contributed by atoms with Gasteiger partial charge >= 0.3 is 5.97 Å². The SMILES string of the molecule is Cc1ccc2c(ccn3c(C(=O)O)c(C)nc23)c1. The molecule has 1 aromatic carbocycles. The minimum Gasteiger partial charge on any atom is -0.477 e. The van der Waals surface area contributed by atoms with Gasteiger partial charge in [-0.25, -0.2) is 9.78 Å². The van der Waals surface area contributed by atoms with E-state index in [0.29, 0.717) is 11.3 Å². The van der Waals surface area contributed by atoms with Crippen molar-refractivity contribution in [3.63, 3.8) is 0 Å². The highest BCUT2D eigenvalue weighted by Crippen LogP contribution is 2.23. The predicted molar refractivity (Wildman–Crippen MR) is 69.1 cm³/mol. The summed E-state index contributed by atoms with van der Waals surface area (Å²) in [6.07, 6.45) is 1.76. The third-order valence-electron chi connectivity index (χ3n) is 3.14. The fraction of sp³-hybridized carbons (Fsp3) is 0.143. The molecule has 1 N–H and O–H groups in total. The van der Waals surface area contributed by atoms with E-state index in [9.17, 15) is 9.90 Å². The van der Waals surface area contributed by atoms with Crippen LogP contribution in [0.2, 0.25) is 0 Å². The Balaban J connectivity index is 2.49. The zero-order chi connectivity index (χ0) is 12.9. The lowest BCUT2D eigenvalue weighted by atomic mass is 10.1. The number of carboxylic acid groups (broad SMARTS) is 1. The van der Waals surface area contributed by atoms with Crippen molar-refractivity contribution in [2.75, 3.05) is 0 Å². The lowest BCUT2D eigenvalue weighted by molar-refractivity contribution is 0.0688. The second kappa shape index (κ2) is 3.57. The van der Waals surface area contributed by atoms with Gasteiger partial charge in [0.25, 0.3) is 0 Å². The van der Waals surface area contributed by atoms with Crippen molar-refractivity contribution in [3.8, 4) is 0 Å². The van der Waals surface area contributed by atoms with E-state index in [2.05, 4.69) is 11.1 Å². The summed E-state index contributed by atoms with van der Waals surface area (Å²) in [5.74, 6) is -0.952. The molecule has 0 amide bonds. The summed E-state index contributed by atoms with van der Waals surface area (Å²) in [5, 5.41) is 11.3. The van der Waals surface area contributed by atoms with E-state index in [1.807, 2.05) is 25.1 Å². The van der Waals surface area contributed by atoms with Crippen molar-refractivity contribution in [2.24, 2.45) is 0 Å². The molecule has 0 saturated carbocycles. The smallest absolute Gasteiger partial charge is 0.354 e. The Bertz CT molecular complexity index is 787. The number of nitrogens with zero attached hydrogens (tertiary/aromatic N) is 2. The van der Waals surface area contributed by atoms with Crippen LogP contribution in [0, 0.1) is 13.8 Å². The number of aromatic nitrogens is 2. The maximum Gasteiger partial charge on any atom is 0.354 e. The predicted octanol–water partition coefficient (Wildman–Crippen LogP) is 2.80. The number of carboxylic acids is 1. The molecule has 4 heteroatoms. The highest BCUT2D eigenvalue weighted by atomic mass is 16.4. The molecule has 0 aliphatic heterocycles. The van der Waals surface area contributed by atoms with Crippen molar-refractivity contribution in [3.05, 3.63) is 47.4 Å². The molecule has 0 saturated heterocycles. The minimum absolute atomic E-state index is 0.229. The average Bonchev–Trinajstić information content (AvgIpc) is 2.64. The maximum absolute atomic E-state index is 11.2. The van der Waals surface area contributed by atoms with Gasteiger partial charge in [-0.05, 0) is 25.3 Å². The number of pyridine rings is 1. The second-order valence-electron chi connectivity index (χ2n) is 4.45. The van der Waals surface area contributed by atoms with Crippen LogP contribution in [-0.2, 0) is 0 Å². The van der Waals surface area contributed by atoms with Crippen LogP contribution < -0.4 is 0 Å². The van der Waals surface area contributed by atoms with Crippen LogP contribution in [-0.4, -0.2) is 20.5 Å². The molecule has 3 aromatic rings.